The van der Waals surface area contributed by atoms with Crippen molar-refractivity contribution in [3.63, 3.8) is 0 Å². The number of benzene rings is 1. The molecule has 2 aromatic rings. The molecule has 0 saturated heterocycles. The Morgan fingerprint density at radius 1 is 1.15 bits per heavy atom. The van der Waals surface area contributed by atoms with Crippen LogP contribution in [-0.2, 0) is 12.0 Å². The summed E-state index contributed by atoms with van der Waals surface area (Å²) in [6, 6.07) is 8.84. The SMILES string of the molecule is CC(=O)c1ccc(C(=O)Nc2sc3c(c2C#N)CC(C)(C)[NH2+]C3(C)C)cc1. The van der Waals surface area contributed by atoms with Crippen LogP contribution in [0.5, 0.6) is 0 Å². The third-order valence-electron chi connectivity index (χ3n) is 4.87. The molecule has 0 saturated carbocycles. The van der Waals surface area contributed by atoms with Gasteiger partial charge in [-0.1, -0.05) is 12.1 Å². The number of nitrogens with one attached hydrogen (secondary N) is 1. The minimum absolute atomic E-state index is 0.00697. The van der Waals surface area contributed by atoms with Crippen LogP contribution in [0.25, 0.3) is 0 Å². The Morgan fingerprint density at radius 3 is 2.30 bits per heavy atom. The van der Waals surface area contributed by atoms with Gasteiger partial charge in [-0.3, -0.25) is 9.59 Å². The summed E-state index contributed by atoms with van der Waals surface area (Å²) in [5.74, 6) is -0.318. The normalized spacial score (nSPS) is 16.9. The number of Topliss-reactive ketones (excluding diaryl/α,β-unsaturated/α-hetero) is 1. The van der Waals surface area contributed by atoms with Gasteiger partial charge in [-0.05, 0) is 52.3 Å². The van der Waals surface area contributed by atoms with Gasteiger partial charge in [-0.15, -0.1) is 11.3 Å². The molecule has 3 rings (SSSR count). The summed E-state index contributed by atoms with van der Waals surface area (Å²) in [4.78, 5) is 25.2. The quantitative estimate of drug-likeness (QED) is 0.799. The second-order valence-corrected chi connectivity index (χ2v) is 9.37. The molecule has 2 heterocycles. The lowest BCUT2D eigenvalue weighted by Crippen LogP contribution is -3.03. The topological polar surface area (TPSA) is 86.6 Å². The number of ketones is 1. The summed E-state index contributed by atoms with van der Waals surface area (Å²) in [6.07, 6.45) is 0.786. The number of carbonyl (C=O) groups excluding carboxylic acids is 2. The molecule has 140 valence electrons. The average Bonchev–Trinajstić information content (AvgIpc) is 2.90. The van der Waals surface area contributed by atoms with Gasteiger partial charge >= 0.3 is 0 Å². The van der Waals surface area contributed by atoms with E-state index in [-0.39, 0.29) is 22.8 Å². The van der Waals surface area contributed by atoms with Gasteiger partial charge in [0.25, 0.3) is 5.91 Å². The molecule has 1 aromatic heterocycles. The number of fused-ring (bicyclic) bond motifs is 1. The number of rotatable bonds is 3. The second-order valence-electron chi connectivity index (χ2n) is 8.34. The van der Waals surface area contributed by atoms with Crippen LogP contribution in [0, 0.1) is 11.3 Å². The predicted molar refractivity (Wildman–Crippen MR) is 106 cm³/mol. The van der Waals surface area contributed by atoms with E-state index in [1.54, 1.807) is 24.3 Å². The zero-order valence-electron chi connectivity index (χ0n) is 16.3. The Labute approximate surface area is 163 Å². The number of carbonyl (C=O) groups is 2. The van der Waals surface area contributed by atoms with Gasteiger partial charge in [0.05, 0.1) is 16.0 Å². The summed E-state index contributed by atoms with van der Waals surface area (Å²) >= 11 is 1.49. The molecule has 0 bridgehead atoms. The molecule has 0 spiro atoms. The maximum Gasteiger partial charge on any atom is 0.256 e. The Kier molecular flexibility index (Phi) is 4.71. The monoisotopic (exact) mass is 382 g/mol. The van der Waals surface area contributed by atoms with Crippen LogP contribution in [0.4, 0.5) is 5.00 Å². The van der Waals surface area contributed by atoms with E-state index in [0.717, 1.165) is 16.9 Å². The lowest BCUT2D eigenvalue weighted by atomic mass is 9.81. The smallest absolute Gasteiger partial charge is 0.256 e. The Balaban J connectivity index is 1.94. The molecule has 1 amide bonds. The van der Waals surface area contributed by atoms with E-state index in [9.17, 15) is 14.9 Å². The molecular formula is C21H24N3O2S+. The fourth-order valence-electron chi connectivity index (χ4n) is 3.94. The number of hydrogen-bond donors (Lipinski definition) is 2. The molecule has 1 aliphatic heterocycles. The maximum atomic E-state index is 12.7. The molecule has 1 aromatic carbocycles. The Bertz CT molecular complexity index is 963. The maximum absolute atomic E-state index is 12.7. The van der Waals surface area contributed by atoms with Crippen LogP contribution < -0.4 is 10.6 Å². The van der Waals surface area contributed by atoms with Crippen molar-refractivity contribution in [3.8, 4) is 6.07 Å². The van der Waals surface area contributed by atoms with Crippen molar-refractivity contribution in [3.05, 3.63) is 51.4 Å². The summed E-state index contributed by atoms with van der Waals surface area (Å²) < 4.78 is 0. The highest BCUT2D eigenvalue weighted by atomic mass is 32.1. The molecular weight excluding hydrogens is 358 g/mol. The zero-order chi connectivity index (χ0) is 20.0. The van der Waals surface area contributed by atoms with Crippen molar-refractivity contribution in [2.45, 2.75) is 52.1 Å². The first kappa shape index (κ1) is 19.3. The van der Waals surface area contributed by atoms with Crippen LogP contribution in [0.2, 0.25) is 0 Å². The molecule has 6 heteroatoms. The van der Waals surface area contributed by atoms with Crippen molar-refractivity contribution in [1.29, 1.82) is 5.26 Å². The van der Waals surface area contributed by atoms with E-state index in [1.165, 1.54) is 18.3 Å². The van der Waals surface area contributed by atoms with Gasteiger partial charge < -0.3 is 10.6 Å². The van der Waals surface area contributed by atoms with Crippen LogP contribution in [0.15, 0.2) is 24.3 Å². The van der Waals surface area contributed by atoms with E-state index in [0.29, 0.717) is 21.7 Å². The largest absolute Gasteiger partial charge is 0.333 e. The summed E-state index contributed by atoms with van der Waals surface area (Å²) in [5.41, 5.74) is 2.48. The highest BCUT2D eigenvalue weighted by Gasteiger charge is 2.44. The van der Waals surface area contributed by atoms with E-state index >= 15 is 0 Å². The van der Waals surface area contributed by atoms with E-state index in [2.05, 4.69) is 44.4 Å². The van der Waals surface area contributed by atoms with Crippen LogP contribution in [-0.4, -0.2) is 17.2 Å². The summed E-state index contributed by atoms with van der Waals surface area (Å²) in [6.45, 7) is 10.1. The van der Waals surface area contributed by atoms with Gasteiger partial charge in [-0.2, -0.15) is 5.26 Å². The number of nitrogens with zero attached hydrogens (tertiary/aromatic N) is 1. The highest BCUT2D eigenvalue weighted by molar-refractivity contribution is 7.16. The van der Waals surface area contributed by atoms with Crippen LogP contribution in [0.3, 0.4) is 0 Å². The molecule has 0 aliphatic carbocycles. The first-order valence-corrected chi connectivity index (χ1v) is 9.71. The van der Waals surface area contributed by atoms with Gasteiger partial charge in [-0.25, -0.2) is 0 Å². The van der Waals surface area contributed by atoms with Crippen molar-refractivity contribution in [2.24, 2.45) is 0 Å². The summed E-state index contributed by atoms with van der Waals surface area (Å²) in [5, 5.41) is 15.6. The lowest BCUT2D eigenvalue weighted by Gasteiger charge is -2.38. The number of amides is 1. The second kappa shape index (κ2) is 6.59. The van der Waals surface area contributed by atoms with Crippen molar-refractivity contribution >= 4 is 28.0 Å². The number of thiophene rings is 1. The zero-order valence-corrected chi connectivity index (χ0v) is 17.1. The minimum Gasteiger partial charge on any atom is -0.333 e. The van der Waals surface area contributed by atoms with E-state index in [4.69, 9.17) is 0 Å². The van der Waals surface area contributed by atoms with Crippen LogP contribution in [0.1, 0.15) is 71.3 Å². The molecule has 27 heavy (non-hydrogen) atoms. The number of nitriles is 1. The van der Waals surface area contributed by atoms with Gasteiger partial charge in [0.1, 0.15) is 16.6 Å². The van der Waals surface area contributed by atoms with Gasteiger partial charge in [0.2, 0.25) is 0 Å². The molecule has 3 N–H and O–H groups in total. The molecule has 1 aliphatic rings. The number of quaternary nitrogens is 1. The predicted octanol–water partition coefficient (Wildman–Crippen LogP) is 3.21. The first-order valence-electron chi connectivity index (χ1n) is 8.90. The molecule has 0 unspecified atom stereocenters. The average molecular weight is 383 g/mol. The molecule has 0 atom stereocenters. The highest BCUT2D eigenvalue weighted by Crippen LogP contribution is 2.41. The molecule has 0 radical (unpaired) electrons. The summed E-state index contributed by atoms with van der Waals surface area (Å²) in [7, 11) is 0. The standard InChI is InChI=1S/C21H23N3O2S/c1-12(25)13-6-8-14(9-7-13)18(26)23-19-16(11-22)15-10-20(2,3)24-21(4,5)17(15)27-19/h6-9,24H,10H2,1-5H3,(H,23,26)/p+1. The third-order valence-corrected chi connectivity index (χ3v) is 6.36. The Hall–Kier alpha value is -2.49. The van der Waals surface area contributed by atoms with Gasteiger partial charge in [0.15, 0.2) is 5.78 Å². The number of hydrogen-bond acceptors (Lipinski definition) is 4. The minimum atomic E-state index is -0.277. The van der Waals surface area contributed by atoms with Crippen LogP contribution >= 0.6 is 11.3 Å². The molecule has 0 fully saturated rings. The fraction of sp³-hybridized carbons (Fsp3) is 0.381. The fourth-order valence-corrected chi connectivity index (χ4v) is 5.18. The molecule has 5 nitrogen and oxygen atoms in total. The van der Waals surface area contributed by atoms with Gasteiger partial charge in [0, 0.05) is 17.5 Å². The van der Waals surface area contributed by atoms with Crippen molar-refractivity contribution in [2.75, 3.05) is 5.32 Å². The van der Waals surface area contributed by atoms with E-state index in [1.807, 2.05) is 0 Å². The first-order chi connectivity index (χ1) is 12.5. The van der Waals surface area contributed by atoms with Crippen molar-refractivity contribution in [1.82, 2.24) is 0 Å². The lowest BCUT2D eigenvalue weighted by molar-refractivity contribution is -0.789. The number of nitrogens with two attached hydrogens (primary N) is 1. The van der Waals surface area contributed by atoms with Crippen molar-refractivity contribution < 1.29 is 14.9 Å². The number of anilines is 1. The third kappa shape index (κ3) is 3.66. The van der Waals surface area contributed by atoms with E-state index < -0.39 is 0 Å². The Morgan fingerprint density at radius 2 is 1.74 bits per heavy atom.